The summed E-state index contributed by atoms with van der Waals surface area (Å²) in [5, 5.41) is 6.03. The summed E-state index contributed by atoms with van der Waals surface area (Å²) in [6.45, 7) is 4.72. The Morgan fingerprint density at radius 3 is 2.07 bits per heavy atom. The highest BCUT2D eigenvalue weighted by molar-refractivity contribution is 5.88. The largest absolute Gasteiger partial charge is 0.340 e. The number of carbonyl (C=O) groups excluding carboxylic acids is 1. The average Bonchev–Trinajstić information content (AvgIpc) is 2.76. The molecule has 0 aliphatic carbocycles. The molecule has 2 N–H and O–H groups in total. The third-order valence-corrected chi connectivity index (χ3v) is 4.52. The van der Waals surface area contributed by atoms with E-state index in [2.05, 4.69) is 40.4 Å². The van der Waals surface area contributed by atoms with Crippen molar-refractivity contribution in [3.05, 3.63) is 55.0 Å². The maximum atomic E-state index is 11.1. The van der Waals surface area contributed by atoms with Crippen LogP contribution in [-0.4, -0.2) is 52.0 Å². The van der Waals surface area contributed by atoms with Gasteiger partial charge in [0.25, 0.3) is 0 Å². The molecule has 9 nitrogen and oxygen atoms in total. The van der Waals surface area contributed by atoms with Crippen LogP contribution in [0.25, 0.3) is 0 Å². The summed E-state index contributed by atoms with van der Waals surface area (Å²) in [6, 6.07) is 11.1. The van der Waals surface area contributed by atoms with E-state index in [1.165, 1.54) is 6.92 Å². The first-order valence-electron chi connectivity index (χ1n) is 9.42. The molecule has 1 saturated heterocycles. The van der Waals surface area contributed by atoms with Gasteiger partial charge in [0.2, 0.25) is 17.8 Å². The summed E-state index contributed by atoms with van der Waals surface area (Å²) < 4.78 is 0. The molecule has 9 heteroatoms. The van der Waals surface area contributed by atoms with Gasteiger partial charge in [0, 0.05) is 63.1 Å². The van der Waals surface area contributed by atoms with Crippen molar-refractivity contribution in [2.75, 3.05) is 46.6 Å². The number of rotatable bonds is 5. The molecule has 0 radical (unpaired) electrons. The van der Waals surface area contributed by atoms with Crippen molar-refractivity contribution in [1.29, 1.82) is 0 Å². The first-order valence-corrected chi connectivity index (χ1v) is 9.42. The van der Waals surface area contributed by atoms with Crippen molar-refractivity contribution in [2.24, 2.45) is 0 Å². The van der Waals surface area contributed by atoms with Gasteiger partial charge in [0.15, 0.2) is 0 Å². The van der Waals surface area contributed by atoms with Gasteiger partial charge in [-0.3, -0.25) is 4.79 Å². The van der Waals surface area contributed by atoms with Crippen molar-refractivity contribution < 1.29 is 4.79 Å². The fourth-order valence-corrected chi connectivity index (χ4v) is 3.12. The third kappa shape index (κ3) is 4.75. The molecule has 0 unspecified atom stereocenters. The Morgan fingerprint density at radius 1 is 0.828 bits per heavy atom. The van der Waals surface area contributed by atoms with Gasteiger partial charge in [-0.2, -0.15) is 4.98 Å². The van der Waals surface area contributed by atoms with Crippen molar-refractivity contribution >= 4 is 35.0 Å². The van der Waals surface area contributed by atoms with E-state index in [0.29, 0.717) is 5.95 Å². The van der Waals surface area contributed by atoms with Crippen LogP contribution in [0.15, 0.2) is 55.0 Å². The van der Waals surface area contributed by atoms with E-state index >= 15 is 0 Å². The van der Waals surface area contributed by atoms with E-state index in [1.54, 1.807) is 18.6 Å². The Bertz CT molecular complexity index is 956. The summed E-state index contributed by atoms with van der Waals surface area (Å²) in [6.07, 6.45) is 5.27. The van der Waals surface area contributed by atoms with Crippen LogP contribution in [0.4, 0.5) is 29.1 Å². The highest BCUT2D eigenvalue weighted by Crippen LogP contribution is 2.20. The second-order valence-electron chi connectivity index (χ2n) is 6.65. The third-order valence-electron chi connectivity index (χ3n) is 4.52. The molecule has 0 atom stereocenters. The Morgan fingerprint density at radius 2 is 1.41 bits per heavy atom. The Labute approximate surface area is 168 Å². The number of benzene rings is 1. The summed E-state index contributed by atoms with van der Waals surface area (Å²) in [7, 11) is 0. The second-order valence-corrected chi connectivity index (χ2v) is 6.65. The minimum atomic E-state index is -0.0925. The van der Waals surface area contributed by atoms with Crippen LogP contribution in [0, 0.1) is 0 Å². The first-order chi connectivity index (χ1) is 14.2. The van der Waals surface area contributed by atoms with Crippen molar-refractivity contribution in [3.63, 3.8) is 0 Å². The van der Waals surface area contributed by atoms with E-state index < -0.39 is 0 Å². The highest BCUT2D eigenvalue weighted by Gasteiger charge is 2.20. The molecule has 1 aliphatic heterocycles. The van der Waals surface area contributed by atoms with Crippen molar-refractivity contribution in [1.82, 2.24) is 19.9 Å². The predicted octanol–water partition coefficient (Wildman–Crippen LogP) is 2.30. The lowest BCUT2D eigenvalue weighted by atomic mass is 10.2. The number of hydrogen-bond acceptors (Lipinski definition) is 8. The molecule has 2 aromatic heterocycles. The van der Waals surface area contributed by atoms with Crippen LogP contribution in [0.3, 0.4) is 0 Å². The summed E-state index contributed by atoms with van der Waals surface area (Å²) in [5.41, 5.74) is 1.64. The number of anilines is 5. The fourth-order valence-electron chi connectivity index (χ4n) is 3.12. The molecule has 0 saturated carbocycles. The number of nitrogens with one attached hydrogen (secondary N) is 2. The molecule has 29 heavy (non-hydrogen) atoms. The molecule has 148 valence electrons. The predicted molar refractivity (Wildman–Crippen MR) is 113 cm³/mol. The van der Waals surface area contributed by atoms with E-state index in [1.807, 2.05) is 36.4 Å². The van der Waals surface area contributed by atoms with Crippen LogP contribution in [0.5, 0.6) is 0 Å². The zero-order valence-corrected chi connectivity index (χ0v) is 16.1. The zero-order chi connectivity index (χ0) is 20.1. The number of hydrogen-bond donors (Lipinski definition) is 2. The van der Waals surface area contributed by atoms with Crippen molar-refractivity contribution in [3.8, 4) is 0 Å². The molecule has 3 aromatic rings. The molecule has 1 aromatic carbocycles. The molecule has 1 aliphatic rings. The second kappa shape index (κ2) is 8.51. The number of aromatic nitrogens is 4. The fraction of sp³-hybridized carbons (Fsp3) is 0.250. The number of carbonyl (C=O) groups is 1. The van der Waals surface area contributed by atoms with E-state index in [0.717, 1.165) is 49.3 Å². The summed E-state index contributed by atoms with van der Waals surface area (Å²) in [4.78, 5) is 33.1. The van der Waals surface area contributed by atoms with Crippen LogP contribution < -0.4 is 20.4 Å². The maximum Gasteiger partial charge on any atom is 0.227 e. The van der Waals surface area contributed by atoms with Gasteiger partial charge >= 0.3 is 0 Å². The zero-order valence-electron chi connectivity index (χ0n) is 16.1. The molecule has 4 rings (SSSR count). The topological polar surface area (TPSA) is 99.2 Å². The lowest BCUT2D eigenvalue weighted by Gasteiger charge is -2.34. The molecule has 0 spiro atoms. The Kier molecular flexibility index (Phi) is 5.46. The normalized spacial score (nSPS) is 13.8. The van der Waals surface area contributed by atoms with Crippen molar-refractivity contribution in [2.45, 2.75) is 6.92 Å². The molecule has 0 bridgehead atoms. The summed E-state index contributed by atoms with van der Waals surface area (Å²) in [5.74, 6) is 2.07. The smallest absolute Gasteiger partial charge is 0.227 e. The minimum absolute atomic E-state index is 0.0925. The van der Waals surface area contributed by atoms with Crippen LogP contribution in [0.1, 0.15) is 6.92 Å². The van der Waals surface area contributed by atoms with Crippen LogP contribution >= 0.6 is 0 Å². The SMILES string of the molecule is CC(=O)Nc1ccc(Nc2ccnc(N3CCN(c4ncccn4)CC3)n2)cc1. The highest BCUT2D eigenvalue weighted by atomic mass is 16.1. The lowest BCUT2D eigenvalue weighted by Crippen LogP contribution is -2.47. The van der Waals surface area contributed by atoms with E-state index in [4.69, 9.17) is 0 Å². The van der Waals surface area contributed by atoms with E-state index in [-0.39, 0.29) is 5.91 Å². The lowest BCUT2D eigenvalue weighted by molar-refractivity contribution is -0.114. The maximum absolute atomic E-state index is 11.1. The molecule has 3 heterocycles. The number of amides is 1. The van der Waals surface area contributed by atoms with Gasteiger partial charge in [-0.1, -0.05) is 0 Å². The quantitative estimate of drug-likeness (QED) is 0.685. The number of nitrogens with zero attached hydrogens (tertiary/aromatic N) is 6. The minimum Gasteiger partial charge on any atom is -0.340 e. The Balaban J connectivity index is 1.38. The van der Waals surface area contributed by atoms with Gasteiger partial charge in [0.05, 0.1) is 0 Å². The first kappa shape index (κ1) is 18.6. The Hall–Kier alpha value is -3.75. The average molecular weight is 390 g/mol. The van der Waals surface area contributed by atoms with Gasteiger partial charge in [0.1, 0.15) is 5.82 Å². The molecule has 1 fully saturated rings. The molecular formula is C20H22N8O. The van der Waals surface area contributed by atoms with Gasteiger partial charge in [-0.15, -0.1) is 0 Å². The molecule has 1 amide bonds. The van der Waals surface area contributed by atoms with Gasteiger partial charge < -0.3 is 20.4 Å². The van der Waals surface area contributed by atoms with E-state index in [9.17, 15) is 4.79 Å². The van der Waals surface area contributed by atoms with Gasteiger partial charge in [-0.25, -0.2) is 15.0 Å². The number of piperazine rings is 1. The standard InChI is InChI=1S/C20H22N8O/c1-15(29)24-16-3-5-17(6-4-16)25-18-7-10-23-20(26-18)28-13-11-27(12-14-28)19-21-8-2-9-22-19/h2-10H,11-14H2,1H3,(H,24,29)(H,23,25,26). The van der Waals surface area contributed by atoms with Gasteiger partial charge in [-0.05, 0) is 36.4 Å². The monoisotopic (exact) mass is 390 g/mol. The molecular weight excluding hydrogens is 368 g/mol. The van der Waals surface area contributed by atoms with Crippen LogP contribution in [0.2, 0.25) is 0 Å². The van der Waals surface area contributed by atoms with Crippen LogP contribution in [-0.2, 0) is 4.79 Å². The summed E-state index contributed by atoms with van der Waals surface area (Å²) >= 11 is 0.